The summed E-state index contributed by atoms with van der Waals surface area (Å²) < 4.78 is 41.9. The molecule has 13 heteroatoms. The van der Waals surface area contributed by atoms with Gasteiger partial charge in [0.1, 0.15) is 0 Å². The first kappa shape index (κ1) is 22.9. The third-order valence-corrected chi connectivity index (χ3v) is 4.41. The number of nitrogens with one attached hydrogen (secondary N) is 2. The average Bonchev–Trinajstić information content (AvgIpc) is 2.81. The largest absolute Gasteiger partial charge is 0.472 e. The van der Waals surface area contributed by atoms with Crippen molar-refractivity contribution in [2.45, 2.75) is 12.7 Å². The van der Waals surface area contributed by atoms with Crippen LogP contribution in [-0.4, -0.2) is 65.2 Å². The fourth-order valence-corrected chi connectivity index (χ4v) is 2.78. The van der Waals surface area contributed by atoms with Crippen LogP contribution in [0.2, 0.25) is 0 Å². The van der Waals surface area contributed by atoms with E-state index in [-0.39, 0.29) is 24.1 Å². The van der Waals surface area contributed by atoms with E-state index in [1.807, 2.05) is 0 Å². The predicted octanol–water partition coefficient (Wildman–Crippen LogP) is 1.26. The minimum atomic E-state index is -5.12. The third kappa shape index (κ3) is 5.91. The van der Waals surface area contributed by atoms with Crippen LogP contribution in [-0.2, 0) is 16.1 Å². The van der Waals surface area contributed by atoms with Crippen LogP contribution in [0.5, 0.6) is 0 Å². The highest BCUT2D eigenvalue weighted by atomic mass is 19.4. The molecule has 2 aromatic rings. The number of halogens is 3. The number of ether oxygens (including phenoxy) is 1. The zero-order valence-corrected chi connectivity index (χ0v) is 16.6. The van der Waals surface area contributed by atoms with E-state index >= 15 is 0 Å². The fraction of sp³-hybridized carbons (Fsp3) is 0.316. The van der Waals surface area contributed by atoms with Gasteiger partial charge in [-0.1, -0.05) is 12.1 Å². The summed E-state index contributed by atoms with van der Waals surface area (Å²) in [6, 6.07) is 7.08. The fourth-order valence-electron chi connectivity index (χ4n) is 2.78. The molecule has 1 aliphatic heterocycles. The van der Waals surface area contributed by atoms with Crippen LogP contribution >= 0.6 is 0 Å². The van der Waals surface area contributed by atoms with Crippen LogP contribution in [0.1, 0.15) is 15.9 Å². The van der Waals surface area contributed by atoms with Crippen molar-refractivity contribution in [2.24, 2.45) is 0 Å². The molecule has 0 atom stereocenters. The molecule has 10 nitrogen and oxygen atoms in total. The topological polar surface area (TPSA) is 117 Å². The number of hydrogen-bond donors (Lipinski definition) is 2. The van der Waals surface area contributed by atoms with Gasteiger partial charge in [0, 0.05) is 31.0 Å². The van der Waals surface area contributed by atoms with E-state index < -0.39 is 18.0 Å². The predicted molar refractivity (Wildman–Crippen MR) is 104 cm³/mol. The minimum Gasteiger partial charge on any atom is -0.378 e. The quantitative estimate of drug-likeness (QED) is 0.675. The lowest BCUT2D eigenvalue weighted by Crippen LogP contribution is -2.48. The number of aromatic nitrogens is 2. The molecule has 1 aromatic heterocycles. The molecule has 1 saturated heterocycles. The zero-order chi connectivity index (χ0) is 23.1. The molecule has 4 amide bonds. The number of carbonyl (C=O) groups is 3. The number of alkyl halides is 3. The number of nitrogens with zero attached hydrogens (tertiary/aromatic N) is 4. The second kappa shape index (κ2) is 10.0. The van der Waals surface area contributed by atoms with Crippen molar-refractivity contribution in [3.8, 4) is 0 Å². The van der Waals surface area contributed by atoms with Gasteiger partial charge in [-0.25, -0.2) is 14.8 Å². The van der Waals surface area contributed by atoms with Crippen molar-refractivity contribution in [3.05, 3.63) is 53.9 Å². The van der Waals surface area contributed by atoms with Gasteiger partial charge in [-0.05, 0) is 23.8 Å². The number of benzene rings is 1. The summed E-state index contributed by atoms with van der Waals surface area (Å²) in [4.78, 5) is 47.0. The van der Waals surface area contributed by atoms with Gasteiger partial charge in [0.2, 0.25) is 5.95 Å². The summed E-state index contributed by atoms with van der Waals surface area (Å²) in [5.74, 6) is -3.02. The van der Waals surface area contributed by atoms with Crippen molar-refractivity contribution < 1.29 is 32.3 Å². The molecule has 0 saturated carbocycles. The van der Waals surface area contributed by atoms with E-state index in [1.54, 1.807) is 16.4 Å². The first-order valence-electron chi connectivity index (χ1n) is 9.43. The molecule has 1 fully saturated rings. The zero-order valence-electron chi connectivity index (χ0n) is 16.6. The Hall–Kier alpha value is -3.74. The van der Waals surface area contributed by atoms with Crippen molar-refractivity contribution in [2.75, 3.05) is 31.2 Å². The number of carbonyl (C=O) groups excluding carboxylic acids is 3. The molecule has 3 rings (SSSR count). The number of hydrazine groups is 1. The van der Waals surface area contributed by atoms with Gasteiger partial charge in [0.15, 0.2) is 0 Å². The summed E-state index contributed by atoms with van der Waals surface area (Å²) >= 11 is 0. The van der Waals surface area contributed by atoms with Crippen LogP contribution in [0.25, 0.3) is 0 Å². The standard InChI is InChI=1S/C19H19F3N6O4/c20-19(21,22)16(30)26-25-15(29)14-4-2-13(3-5-14)12-28(17-23-6-1-7-24-17)18(31)27-8-10-32-11-9-27/h1-7H,8-12H2,(H,25,29)(H,26,30). The molecule has 0 radical (unpaired) electrons. The Labute approximate surface area is 180 Å². The van der Waals surface area contributed by atoms with Crippen LogP contribution in [0.15, 0.2) is 42.7 Å². The lowest BCUT2D eigenvalue weighted by molar-refractivity contribution is -0.174. The van der Waals surface area contributed by atoms with E-state index in [0.29, 0.717) is 31.9 Å². The molecule has 0 aliphatic carbocycles. The molecule has 170 valence electrons. The molecular formula is C19H19F3N6O4. The molecule has 1 aliphatic rings. The van der Waals surface area contributed by atoms with E-state index in [0.717, 1.165) is 0 Å². The summed E-state index contributed by atoms with van der Waals surface area (Å²) in [6.07, 6.45) is -2.11. The molecule has 2 N–H and O–H groups in total. The summed E-state index contributed by atoms with van der Waals surface area (Å²) in [5.41, 5.74) is 3.62. The lowest BCUT2D eigenvalue weighted by atomic mass is 10.1. The van der Waals surface area contributed by atoms with E-state index in [9.17, 15) is 27.6 Å². The maximum Gasteiger partial charge on any atom is 0.472 e. The van der Waals surface area contributed by atoms with Gasteiger partial charge < -0.3 is 9.64 Å². The Kier molecular flexibility index (Phi) is 7.20. The first-order valence-corrected chi connectivity index (χ1v) is 9.43. The smallest absolute Gasteiger partial charge is 0.378 e. The normalized spacial score (nSPS) is 13.9. The van der Waals surface area contributed by atoms with Gasteiger partial charge in [0.05, 0.1) is 19.8 Å². The van der Waals surface area contributed by atoms with Crippen LogP contribution in [0.3, 0.4) is 0 Å². The van der Waals surface area contributed by atoms with E-state index in [4.69, 9.17) is 4.74 Å². The third-order valence-electron chi connectivity index (χ3n) is 4.41. The molecule has 0 unspecified atom stereocenters. The monoisotopic (exact) mass is 452 g/mol. The highest BCUT2D eigenvalue weighted by Gasteiger charge is 2.39. The Bertz CT molecular complexity index is 950. The van der Waals surface area contributed by atoms with Gasteiger partial charge in [0.25, 0.3) is 5.91 Å². The second-order valence-electron chi connectivity index (χ2n) is 6.62. The number of rotatable bonds is 4. The number of morpholine rings is 1. The number of urea groups is 1. The van der Waals surface area contributed by atoms with Gasteiger partial charge in [-0.3, -0.25) is 25.3 Å². The van der Waals surface area contributed by atoms with Crippen molar-refractivity contribution >= 4 is 23.8 Å². The van der Waals surface area contributed by atoms with Crippen molar-refractivity contribution in [3.63, 3.8) is 0 Å². The van der Waals surface area contributed by atoms with E-state index in [2.05, 4.69) is 9.97 Å². The molecule has 32 heavy (non-hydrogen) atoms. The Morgan fingerprint density at radius 3 is 2.25 bits per heavy atom. The second-order valence-corrected chi connectivity index (χ2v) is 6.62. The highest BCUT2D eigenvalue weighted by molar-refractivity contribution is 5.96. The summed E-state index contributed by atoms with van der Waals surface area (Å²) in [6.45, 7) is 1.77. The van der Waals surface area contributed by atoms with E-state index in [1.165, 1.54) is 47.0 Å². The molecule has 0 spiro atoms. The maximum absolute atomic E-state index is 13.0. The van der Waals surface area contributed by atoms with Gasteiger partial charge in [-0.15, -0.1) is 0 Å². The Morgan fingerprint density at radius 2 is 1.66 bits per heavy atom. The molecule has 0 bridgehead atoms. The van der Waals surface area contributed by atoms with Crippen LogP contribution in [0.4, 0.5) is 23.9 Å². The van der Waals surface area contributed by atoms with Gasteiger partial charge in [-0.2, -0.15) is 13.2 Å². The molecular weight excluding hydrogens is 433 g/mol. The number of hydrogen-bond acceptors (Lipinski definition) is 6. The van der Waals surface area contributed by atoms with Crippen molar-refractivity contribution in [1.29, 1.82) is 0 Å². The van der Waals surface area contributed by atoms with Crippen molar-refractivity contribution in [1.82, 2.24) is 25.7 Å². The maximum atomic E-state index is 13.0. The first-order chi connectivity index (χ1) is 15.3. The SMILES string of the molecule is O=C(NNC(=O)C(F)(F)F)c1ccc(CN(C(=O)N2CCOCC2)c2ncccn2)cc1. The molecule has 1 aromatic carbocycles. The Balaban J connectivity index is 1.69. The number of anilines is 1. The number of amides is 4. The average molecular weight is 452 g/mol. The summed E-state index contributed by atoms with van der Waals surface area (Å²) in [5, 5.41) is 0. The van der Waals surface area contributed by atoms with Crippen LogP contribution < -0.4 is 15.8 Å². The van der Waals surface area contributed by atoms with Crippen LogP contribution in [0, 0.1) is 0 Å². The van der Waals surface area contributed by atoms with Gasteiger partial charge >= 0.3 is 18.1 Å². The lowest BCUT2D eigenvalue weighted by Gasteiger charge is -2.32. The minimum absolute atomic E-state index is 0.0123. The molecule has 2 heterocycles. The highest BCUT2D eigenvalue weighted by Crippen LogP contribution is 2.16. The summed E-state index contributed by atoms with van der Waals surface area (Å²) in [7, 11) is 0. The Morgan fingerprint density at radius 1 is 1.03 bits per heavy atom.